The van der Waals surface area contributed by atoms with Crippen LogP contribution in [0.25, 0.3) is 0 Å². The molecule has 3 amide bonds. The number of nitrogens with two attached hydrogens (primary N) is 1. The molecule has 86 valence electrons. The van der Waals surface area contributed by atoms with Crippen molar-refractivity contribution in [3.63, 3.8) is 0 Å². The lowest BCUT2D eigenvalue weighted by molar-refractivity contribution is 0.0948. The van der Waals surface area contributed by atoms with Crippen LogP contribution in [0.15, 0.2) is 12.4 Å². The molecule has 1 heterocycles. The predicted octanol–water partition coefficient (Wildman–Crippen LogP) is -0.472. The number of hydrogen-bond donors (Lipinski definition) is 3. The van der Waals surface area contributed by atoms with Gasteiger partial charge in [-0.25, -0.2) is 9.78 Å². The van der Waals surface area contributed by atoms with Crippen LogP contribution in [0.5, 0.6) is 0 Å². The Morgan fingerprint density at radius 2 is 2.00 bits per heavy atom. The maximum atomic E-state index is 11.4. The summed E-state index contributed by atoms with van der Waals surface area (Å²) in [7, 11) is 0. The van der Waals surface area contributed by atoms with Crippen LogP contribution in [0.3, 0.4) is 0 Å². The van der Waals surface area contributed by atoms with E-state index < -0.39 is 11.9 Å². The third-order valence-electron chi connectivity index (χ3n) is 1.55. The van der Waals surface area contributed by atoms with Gasteiger partial charge in [0.25, 0.3) is 5.91 Å². The number of nitrogens with zero attached hydrogens (tertiary/aromatic N) is 2. The van der Waals surface area contributed by atoms with E-state index >= 15 is 0 Å². The largest absolute Gasteiger partial charge is 0.352 e. The number of aromatic nitrogens is 2. The molecule has 0 radical (unpaired) electrons. The number of primary amides is 1. The number of halogens is 1. The standard InChI is InChI=1S/C8H10ClN5O2/c9-6-4-11-3-5(14-6)7(15)12-1-2-13-8(10)16/h3-4H,1-2H2,(H,12,15)(H3,10,13,16). The summed E-state index contributed by atoms with van der Waals surface area (Å²) in [6, 6.07) is -0.642. The molecule has 1 aromatic heterocycles. The lowest BCUT2D eigenvalue weighted by Crippen LogP contribution is -2.37. The van der Waals surface area contributed by atoms with Gasteiger partial charge in [-0.1, -0.05) is 11.6 Å². The number of carbonyl (C=O) groups is 2. The number of carbonyl (C=O) groups excluding carboxylic acids is 2. The highest BCUT2D eigenvalue weighted by Gasteiger charge is 2.07. The molecule has 0 aliphatic heterocycles. The van der Waals surface area contributed by atoms with Gasteiger partial charge in [-0.2, -0.15) is 0 Å². The quantitative estimate of drug-likeness (QED) is 0.621. The molecule has 4 N–H and O–H groups in total. The molecule has 0 fully saturated rings. The highest BCUT2D eigenvalue weighted by molar-refractivity contribution is 6.29. The van der Waals surface area contributed by atoms with E-state index in [0.29, 0.717) is 0 Å². The van der Waals surface area contributed by atoms with Crippen LogP contribution >= 0.6 is 11.6 Å². The Balaban J connectivity index is 2.38. The average Bonchev–Trinajstić information content (AvgIpc) is 2.24. The zero-order valence-corrected chi connectivity index (χ0v) is 8.99. The van der Waals surface area contributed by atoms with Crippen LogP contribution in [0.2, 0.25) is 5.15 Å². The van der Waals surface area contributed by atoms with Gasteiger partial charge in [0.1, 0.15) is 10.8 Å². The molecule has 16 heavy (non-hydrogen) atoms. The fourth-order valence-corrected chi connectivity index (χ4v) is 1.05. The summed E-state index contributed by atoms with van der Waals surface area (Å²) in [5, 5.41) is 4.98. The normalized spacial score (nSPS) is 9.56. The number of nitrogens with one attached hydrogen (secondary N) is 2. The van der Waals surface area contributed by atoms with Crippen molar-refractivity contribution >= 4 is 23.5 Å². The molecule has 0 aliphatic carbocycles. The van der Waals surface area contributed by atoms with E-state index in [2.05, 4.69) is 20.6 Å². The Morgan fingerprint density at radius 3 is 2.62 bits per heavy atom. The fraction of sp³-hybridized carbons (Fsp3) is 0.250. The second-order valence-electron chi connectivity index (χ2n) is 2.77. The molecule has 0 aliphatic rings. The summed E-state index contributed by atoms with van der Waals surface area (Å²) in [6.45, 7) is 0.491. The molecule has 0 spiro atoms. The minimum Gasteiger partial charge on any atom is -0.352 e. The minimum atomic E-state index is -0.642. The van der Waals surface area contributed by atoms with Crippen LogP contribution in [0.4, 0.5) is 4.79 Å². The molecule has 0 atom stereocenters. The first-order valence-corrected chi connectivity index (χ1v) is 4.76. The highest BCUT2D eigenvalue weighted by Crippen LogP contribution is 2.01. The summed E-state index contributed by atoms with van der Waals surface area (Å²) in [5.41, 5.74) is 4.95. The van der Waals surface area contributed by atoms with Gasteiger partial charge in [0.05, 0.1) is 12.4 Å². The second-order valence-corrected chi connectivity index (χ2v) is 3.16. The van der Waals surface area contributed by atoms with Gasteiger partial charge in [-0.3, -0.25) is 9.78 Å². The Bertz CT molecular complexity index is 398. The molecule has 0 unspecified atom stereocenters. The molecule has 0 aromatic carbocycles. The smallest absolute Gasteiger partial charge is 0.312 e. The van der Waals surface area contributed by atoms with Crippen molar-refractivity contribution < 1.29 is 9.59 Å². The zero-order valence-electron chi connectivity index (χ0n) is 8.24. The van der Waals surface area contributed by atoms with Gasteiger partial charge < -0.3 is 16.4 Å². The second kappa shape index (κ2) is 5.86. The predicted molar refractivity (Wildman–Crippen MR) is 57.0 cm³/mol. The summed E-state index contributed by atoms with van der Waals surface area (Å²) >= 11 is 5.56. The third kappa shape index (κ3) is 4.09. The van der Waals surface area contributed by atoms with Crippen molar-refractivity contribution in [2.45, 2.75) is 0 Å². The van der Waals surface area contributed by atoms with E-state index in [9.17, 15) is 9.59 Å². The van der Waals surface area contributed by atoms with Gasteiger partial charge in [0.2, 0.25) is 0 Å². The van der Waals surface area contributed by atoms with E-state index in [1.165, 1.54) is 12.4 Å². The van der Waals surface area contributed by atoms with Crippen LogP contribution in [-0.2, 0) is 0 Å². The summed E-state index contributed by atoms with van der Waals surface area (Å²) < 4.78 is 0. The van der Waals surface area contributed by atoms with Gasteiger partial charge in [-0.05, 0) is 0 Å². The van der Waals surface area contributed by atoms with Crippen molar-refractivity contribution in [2.24, 2.45) is 5.73 Å². The van der Waals surface area contributed by atoms with E-state index in [1.807, 2.05) is 0 Å². The van der Waals surface area contributed by atoms with E-state index in [-0.39, 0.29) is 23.9 Å². The Labute approximate surface area is 96.4 Å². The summed E-state index contributed by atoms with van der Waals surface area (Å²) in [4.78, 5) is 29.2. The molecule has 1 aromatic rings. The zero-order chi connectivity index (χ0) is 12.0. The average molecular weight is 244 g/mol. The molecule has 0 saturated carbocycles. The van der Waals surface area contributed by atoms with Gasteiger partial charge in [0.15, 0.2) is 0 Å². The fourth-order valence-electron chi connectivity index (χ4n) is 0.904. The Morgan fingerprint density at radius 1 is 1.31 bits per heavy atom. The van der Waals surface area contributed by atoms with E-state index in [1.54, 1.807) is 0 Å². The van der Waals surface area contributed by atoms with E-state index in [0.717, 1.165) is 0 Å². The molecular formula is C8H10ClN5O2. The molecule has 7 nitrogen and oxygen atoms in total. The first kappa shape index (κ1) is 12.2. The first-order chi connectivity index (χ1) is 7.59. The molecule has 0 bridgehead atoms. The minimum absolute atomic E-state index is 0.117. The van der Waals surface area contributed by atoms with Gasteiger partial charge >= 0.3 is 6.03 Å². The number of rotatable bonds is 4. The number of hydrogen-bond acceptors (Lipinski definition) is 4. The maximum absolute atomic E-state index is 11.4. The van der Waals surface area contributed by atoms with Crippen molar-refractivity contribution in [1.82, 2.24) is 20.6 Å². The lowest BCUT2D eigenvalue weighted by atomic mass is 10.4. The summed E-state index contributed by atoms with van der Waals surface area (Å²) in [6.07, 6.45) is 2.62. The topological polar surface area (TPSA) is 110 Å². The van der Waals surface area contributed by atoms with Gasteiger partial charge in [0, 0.05) is 13.1 Å². The van der Waals surface area contributed by atoms with Crippen LogP contribution < -0.4 is 16.4 Å². The van der Waals surface area contributed by atoms with Gasteiger partial charge in [-0.15, -0.1) is 0 Å². The molecule has 1 rings (SSSR count). The Hall–Kier alpha value is -1.89. The monoisotopic (exact) mass is 243 g/mol. The van der Waals surface area contributed by atoms with E-state index in [4.69, 9.17) is 17.3 Å². The molecule has 0 saturated heterocycles. The molecule has 8 heteroatoms. The number of urea groups is 1. The molecular weight excluding hydrogens is 234 g/mol. The highest BCUT2D eigenvalue weighted by atomic mass is 35.5. The van der Waals surface area contributed by atoms with Crippen LogP contribution in [0, 0.1) is 0 Å². The van der Waals surface area contributed by atoms with Crippen LogP contribution in [-0.4, -0.2) is 35.0 Å². The van der Waals surface area contributed by atoms with Crippen molar-refractivity contribution in [1.29, 1.82) is 0 Å². The summed E-state index contributed by atoms with van der Waals surface area (Å²) in [5.74, 6) is -0.415. The SMILES string of the molecule is NC(=O)NCCNC(=O)c1cncc(Cl)n1. The Kier molecular flexibility index (Phi) is 4.46. The third-order valence-corrected chi connectivity index (χ3v) is 1.73. The lowest BCUT2D eigenvalue weighted by Gasteiger charge is -2.04. The van der Waals surface area contributed by atoms with Crippen molar-refractivity contribution in [3.05, 3.63) is 23.2 Å². The van der Waals surface area contributed by atoms with Crippen molar-refractivity contribution in [2.75, 3.05) is 13.1 Å². The first-order valence-electron chi connectivity index (χ1n) is 4.38. The van der Waals surface area contributed by atoms with Crippen molar-refractivity contribution in [3.8, 4) is 0 Å². The maximum Gasteiger partial charge on any atom is 0.312 e. The number of amides is 3. The van der Waals surface area contributed by atoms with Crippen LogP contribution in [0.1, 0.15) is 10.5 Å².